The number of carbonyl (C=O) groups is 1. The number of thiazole rings is 1. The number of hydrogen-bond donors (Lipinski definition) is 0. The van der Waals surface area contributed by atoms with Gasteiger partial charge in [0, 0.05) is 36.6 Å². The molecule has 5 rings (SSSR count). The summed E-state index contributed by atoms with van der Waals surface area (Å²) in [4.78, 5) is 23.4. The molecule has 0 bridgehead atoms. The van der Waals surface area contributed by atoms with Gasteiger partial charge in [-0.05, 0) is 54.1 Å². The Labute approximate surface area is 196 Å². The van der Waals surface area contributed by atoms with Gasteiger partial charge < -0.3 is 9.80 Å². The maximum atomic E-state index is 13.0. The molecule has 1 aliphatic heterocycles. The first-order chi connectivity index (χ1) is 15.7. The Kier molecular flexibility index (Phi) is 6.14. The Morgan fingerprint density at radius 3 is 2.38 bits per heavy atom. The van der Waals surface area contributed by atoms with E-state index in [0.29, 0.717) is 0 Å². The number of aromatic nitrogens is 1. The van der Waals surface area contributed by atoms with Gasteiger partial charge in [-0.15, -0.1) is 11.8 Å². The van der Waals surface area contributed by atoms with E-state index in [1.807, 2.05) is 23.1 Å². The predicted molar refractivity (Wildman–Crippen MR) is 135 cm³/mol. The molecule has 0 saturated carbocycles. The van der Waals surface area contributed by atoms with Crippen LogP contribution < -0.4 is 4.90 Å². The largest absolute Gasteiger partial charge is 0.345 e. The van der Waals surface area contributed by atoms with Crippen molar-refractivity contribution in [1.29, 1.82) is 0 Å². The molecular weight excluding hydrogens is 434 g/mol. The van der Waals surface area contributed by atoms with Gasteiger partial charge in [0.15, 0.2) is 5.13 Å². The van der Waals surface area contributed by atoms with E-state index in [2.05, 4.69) is 65.8 Å². The van der Waals surface area contributed by atoms with Gasteiger partial charge in [-0.2, -0.15) is 0 Å². The van der Waals surface area contributed by atoms with Crippen LogP contribution in [0.2, 0.25) is 0 Å². The summed E-state index contributed by atoms with van der Waals surface area (Å²) < 4.78 is 1.22. The molecule has 32 heavy (non-hydrogen) atoms. The molecule has 6 heteroatoms. The van der Waals surface area contributed by atoms with Crippen LogP contribution in [0.5, 0.6) is 0 Å². The van der Waals surface area contributed by atoms with Gasteiger partial charge in [0.05, 0.1) is 10.2 Å². The number of thioether (sulfide) groups is 1. The van der Waals surface area contributed by atoms with Gasteiger partial charge in [-0.25, -0.2) is 4.98 Å². The van der Waals surface area contributed by atoms with E-state index in [0.717, 1.165) is 48.8 Å². The molecule has 0 unspecified atom stereocenters. The molecule has 0 radical (unpaired) electrons. The second kappa shape index (κ2) is 9.35. The van der Waals surface area contributed by atoms with Crippen LogP contribution in [-0.2, 0) is 6.42 Å². The molecule has 1 amide bonds. The van der Waals surface area contributed by atoms with E-state index in [-0.39, 0.29) is 5.91 Å². The van der Waals surface area contributed by atoms with Crippen molar-refractivity contribution in [2.75, 3.05) is 37.3 Å². The Bertz CT molecular complexity index is 1210. The fourth-order valence-corrected chi connectivity index (χ4v) is 5.61. The monoisotopic (exact) mass is 459 g/mol. The third-order valence-corrected chi connectivity index (χ3v) is 7.68. The average Bonchev–Trinajstić information content (AvgIpc) is 3.28. The van der Waals surface area contributed by atoms with Crippen molar-refractivity contribution in [1.82, 2.24) is 9.88 Å². The van der Waals surface area contributed by atoms with Crippen molar-refractivity contribution in [2.45, 2.75) is 11.3 Å². The second-order valence-corrected chi connectivity index (χ2v) is 9.86. The molecule has 0 spiro atoms. The van der Waals surface area contributed by atoms with Crippen molar-refractivity contribution in [3.63, 3.8) is 0 Å². The van der Waals surface area contributed by atoms with E-state index >= 15 is 0 Å². The standard InChI is InChI=1S/C26H25N3OS2/c1-31-22-11-12-23-24(18-22)32-26(27-23)29-15-13-28(14-16-29)25(30)21-9-7-20(8-10-21)17-19-5-3-2-4-6-19/h2-12,18H,13-17H2,1H3. The van der Waals surface area contributed by atoms with Gasteiger partial charge in [0.2, 0.25) is 0 Å². The van der Waals surface area contributed by atoms with Crippen LogP contribution in [0.4, 0.5) is 5.13 Å². The summed E-state index contributed by atoms with van der Waals surface area (Å²) >= 11 is 3.49. The highest BCUT2D eigenvalue weighted by Crippen LogP contribution is 2.32. The molecule has 0 N–H and O–H groups in total. The SMILES string of the molecule is CSc1ccc2nc(N3CCN(C(=O)c4ccc(Cc5ccccc5)cc4)CC3)sc2c1. The molecule has 1 fully saturated rings. The molecule has 1 saturated heterocycles. The van der Waals surface area contributed by atoms with E-state index in [1.54, 1.807) is 23.1 Å². The van der Waals surface area contributed by atoms with Gasteiger partial charge in [-0.3, -0.25) is 4.79 Å². The summed E-state index contributed by atoms with van der Waals surface area (Å²) in [6.45, 7) is 3.06. The highest BCUT2D eigenvalue weighted by molar-refractivity contribution is 7.98. The Balaban J connectivity index is 1.21. The van der Waals surface area contributed by atoms with Gasteiger partial charge in [0.25, 0.3) is 5.91 Å². The van der Waals surface area contributed by atoms with Gasteiger partial charge in [0.1, 0.15) is 0 Å². The molecule has 1 aromatic heterocycles. The van der Waals surface area contributed by atoms with Crippen LogP contribution in [0.1, 0.15) is 21.5 Å². The summed E-state index contributed by atoms with van der Waals surface area (Å²) in [7, 11) is 0. The summed E-state index contributed by atoms with van der Waals surface area (Å²) in [6.07, 6.45) is 2.98. The molecule has 3 aromatic carbocycles. The highest BCUT2D eigenvalue weighted by atomic mass is 32.2. The molecular formula is C26H25N3OS2. The fourth-order valence-electron chi connectivity index (χ4n) is 4.04. The molecule has 4 aromatic rings. The van der Waals surface area contributed by atoms with Crippen LogP contribution in [0, 0.1) is 0 Å². The number of anilines is 1. The quantitative estimate of drug-likeness (QED) is 0.366. The maximum absolute atomic E-state index is 13.0. The number of fused-ring (bicyclic) bond motifs is 1. The summed E-state index contributed by atoms with van der Waals surface area (Å²) in [5, 5.41) is 1.05. The number of amides is 1. The summed E-state index contributed by atoms with van der Waals surface area (Å²) in [6, 6.07) is 24.9. The predicted octanol–water partition coefficient (Wildman–Crippen LogP) is 5.57. The zero-order valence-electron chi connectivity index (χ0n) is 18.0. The molecule has 4 nitrogen and oxygen atoms in total. The lowest BCUT2D eigenvalue weighted by Crippen LogP contribution is -2.48. The molecule has 0 aliphatic carbocycles. The van der Waals surface area contributed by atoms with Crippen molar-refractivity contribution >= 4 is 44.4 Å². The van der Waals surface area contributed by atoms with E-state index in [1.165, 1.54) is 20.7 Å². The molecule has 0 atom stereocenters. The number of carbonyl (C=O) groups excluding carboxylic acids is 1. The Morgan fingerprint density at radius 1 is 0.938 bits per heavy atom. The lowest BCUT2D eigenvalue weighted by Gasteiger charge is -2.34. The number of benzene rings is 3. The average molecular weight is 460 g/mol. The smallest absolute Gasteiger partial charge is 0.253 e. The lowest BCUT2D eigenvalue weighted by atomic mass is 10.0. The van der Waals surface area contributed by atoms with Gasteiger partial charge in [-0.1, -0.05) is 53.8 Å². The van der Waals surface area contributed by atoms with Crippen LogP contribution >= 0.6 is 23.1 Å². The molecule has 162 valence electrons. The Hall–Kier alpha value is -2.83. The Morgan fingerprint density at radius 2 is 1.66 bits per heavy atom. The van der Waals surface area contributed by atoms with Gasteiger partial charge >= 0.3 is 0 Å². The first-order valence-corrected chi connectivity index (χ1v) is 12.9. The lowest BCUT2D eigenvalue weighted by molar-refractivity contribution is 0.0747. The van der Waals surface area contributed by atoms with Crippen molar-refractivity contribution in [3.05, 3.63) is 89.5 Å². The molecule has 1 aliphatic rings. The normalized spacial score (nSPS) is 14.2. The van der Waals surface area contributed by atoms with E-state index < -0.39 is 0 Å². The zero-order valence-corrected chi connectivity index (χ0v) is 19.7. The zero-order chi connectivity index (χ0) is 21.9. The third kappa shape index (κ3) is 4.52. The second-order valence-electron chi connectivity index (χ2n) is 7.97. The number of piperazine rings is 1. The third-order valence-electron chi connectivity index (χ3n) is 5.87. The van der Waals surface area contributed by atoms with Crippen LogP contribution in [0.25, 0.3) is 10.2 Å². The fraction of sp³-hybridized carbons (Fsp3) is 0.231. The minimum absolute atomic E-state index is 0.116. The van der Waals surface area contributed by atoms with E-state index in [9.17, 15) is 4.79 Å². The topological polar surface area (TPSA) is 36.4 Å². The first kappa shape index (κ1) is 21.0. The van der Waals surface area contributed by atoms with Crippen LogP contribution in [-0.4, -0.2) is 48.2 Å². The summed E-state index contributed by atoms with van der Waals surface area (Å²) in [5.74, 6) is 0.116. The minimum Gasteiger partial charge on any atom is -0.345 e. The number of nitrogens with zero attached hydrogens (tertiary/aromatic N) is 3. The van der Waals surface area contributed by atoms with E-state index in [4.69, 9.17) is 4.98 Å². The number of rotatable bonds is 5. The van der Waals surface area contributed by atoms with Crippen molar-refractivity contribution < 1.29 is 4.79 Å². The summed E-state index contributed by atoms with van der Waals surface area (Å²) in [5.41, 5.74) is 4.32. The van der Waals surface area contributed by atoms with Crippen LogP contribution in [0.15, 0.2) is 77.7 Å². The minimum atomic E-state index is 0.116. The molecule has 2 heterocycles. The number of hydrogen-bond acceptors (Lipinski definition) is 5. The maximum Gasteiger partial charge on any atom is 0.253 e. The van der Waals surface area contributed by atoms with Crippen molar-refractivity contribution in [2.24, 2.45) is 0 Å². The van der Waals surface area contributed by atoms with Crippen LogP contribution in [0.3, 0.4) is 0 Å². The highest BCUT2D eigenvalue weighted by Gasteiger charge is 2.24. The van der Waals surface area contributed by atoms with Crippen molar-refractivity contribution in [3.8, 4) is 0 Å². The first-order valence-electron chi connectivity index (χ1n) is 10.8.